The summed E-state index contributed by atoms with van der Waals surface area (Å²) in [5.41, 5.74) is 0.156. The van der Waals surface area contributed by atoms with Crippen LogP contribution in [0.25, 0.3) is 11.0 Å². The number of benzene rings is 1. The first kappa shape index (κ1) is 20.4. The Hall–Kier alpha value is -2.83. The van der Waals surface area contributed by atoms with Crippen molar-refractivity contribution in [3.8, 4) is 5.75 Å². The standard InChI is InChI=1S/C23H27NO6/c1-13-4-3-5-19(14(13)2)24-11-15(8-21(24)26)23(28)29-12-16-9-22(27)30-20-10-17(25)6-7-18(16)20/h6-7,9-10,13-15,19,25H,3-5,8,11-12H2,1-2H3/t13-,14+,15+,19-/m0/s1. The van der Waals surface area contributed by atoms with Gasteiger partial charge in [0.2, 0.25) is 5.91 Å². The highest BCUT2D eigenvalue weighted by Gasteiger charge is 2.42. The number of phenols is 1. The molecule has 1 N–H and O–H groups in total. The summed E-state index contributed by atoms with van der Waals surface area (Å²) >= 11 is 0. The van der Waals surface area contributed by atoms with Gasteiger partial charge in [-0.3, -0.25) is 9.59 Å². The van der Waals surface area contributed by atoms with Crippen LogP contribution >= 0.6 is 0 Å². The molecule has 0 radical (unpaired) electrons. The Labute approximate surface area is 174 Å². The average molecular weight is 413 g/mol. The molecule has 1 aliphatic heterocycles. The van der Waals surface area contributed by atoms with Crippen molar-refractivity contribution in [1.82, 2.24) is 4.90 Å². The smallest absolute Gasteiger partial charge is 0.336 e. The van der Waals surface area contributed by atoms with E-state index in [1.807, 2.05) is 4.90 Å². The lowest BCUT2D eigenvalue weighted by atomic mass is 9.77. The lowest BCUT2D eigenvalue weighted by Gasteiger charge is -2.39. The number of hydrogen-bond acceptors (Lipinski definition) is 6. The third kappa shape index (κ3) is 3.93. The van der Waals surface area contributed by atoms with E-state index in [-0.39, 0.29) is 36.3 Å². The van der Waals surface area contributed by atoms with Crippen LogP contribution in [-0.4, -0.2) is 34.5 Å². The molecule has 0 spiro atoms. The second-order valence-electron chi connectivity index (χ2n) is 8.66. The van der Waals surface area contributed by atoms with E-state index in [0.717, 1.165) is 12.8 Å². The van der Waals surface area contributed by atoms with Crippen LogP contribution in [-0.2, 0) is 20.9 Å². The van der Waals surface area contributed by atoms with Crippen molar-refractivity contribution >= 4 is 22.8 Å². The summed E-state index contributed by atoms with van der Waals surface area (Å²) in [6.45, 7) is 4.72. The highest BCUT2D eigenvalue weighted by Crippen LogP contribution is 2.36. The normalized spacial score (nSPS) is 26.9. The molecule has 1 aliphatic carbocycles. The molecule has 1 amide bonds. The van der Waals surface area contributed by atoms with E-state index in [4.69, 9.17) is 9.15 Å². The molecule has 1 aromatic carbocycles. The monoisotopic (exact) mass is 413 g/mol. The fourth-order valence-electron chi connectivity index (χ4n) is 4.81. The molecular weight excluding hydrogens is 386 g/mol. The molecule has 0 bridgehead atoms. The van der Waals surface area contributed by atoms with Gasteiger partial charge in [-0.25, -0.2) is 4.79 Å². The third-order valence-corrected chi connectivity index (χ3v) is 6.74. The molecule has 1 saturated carbocycles. The molecule has 4 rings (SSSR count). The van der Waals surface area contributed by atoms with Crippen LogP contribution in [0.5, 0.6) is 5.75 Å². The maximum Gasteiger partial charge on any atom is 0.336 e. The van der Waals surface area contributed by atoms with Crippen LogP contribution in [0.3, 0.4) is 0 Å². The summed E-state index contributed by atoms with van der Waals surface area (Å²) < 4.78 is 10.6. The Kier molecular flexibility index (Phi) is 5.54. The van der Waals surface area contributed by atoms with Crippen molar-refractivity contribution < 1.29 is 23.8 Å². The number of esters is 1. The lowest BCUT2D eigenvalue weighted by Crippen LogP contribution is -2.45. The molecule has 160 valence electrons. The van der Waals surface area contributed by atoms with Gasteiger partial charge in [-0.15, -0.1) is 0 Å². The van der Waals surface area contributed by atoms with Gasteiger partial charge in [0, 0.05) is 42.1 Å². The van der Waals surface area contributed by atoms with Crippen molar-refractivity contribution in [3.05, 3.63) is 40.2 Å². The molecule has 2 aliphatic rings. The van der Waals surface area contributed by atoms with Gasteiger partial charge in [-0.2, -0.15) is 0 Å². The predicted octanol–water partition coefficient (Wildman–Crippen LogP) is 3.22. The first-order valence-corrected chi connectivity index (χ1v) is 10.6. The number of carbonyl (C=O) groups is 2. The summed E-state index contributed by atoms with van der Waals surface area (Å²) in [6.07, 6.45) is 3.44. The number of aromatic hydroxyl groups is 1. The number of rotatable bonds is 4. The minimum atomic E-state index is -0.582. The average Bonchev–Trinajstić information content (AvgIpc) is 3.09. The van der Waals surface area contributed by atoms with Gasteiger partial charge in [0.05, 0.1) is 5.92 Å². The molecule has 2 aromatic rings. The maximum atomic E-state index is 12.7. The zero-order valence-electron chi connectivity index (χ0n) is 17.3. The highest BCUT2D eigenvalue weighted by molar-refractivity contribution is 5.87. The molecule has 2 heterocycles. The Morgan fingerprint density at radius 2 is 2.03 bits per heavy atom. The number of phenolic OH excluding ortho intramolecular Hbond substituents is 1. The first-order chi connectivity index (χ1) is 14.3. The van der Waals surface area contributed by atoms with E-state index >= 15 is 0 Å². The largest absolute Gasteiger partial charge is 0.508 e. The van der Waals surface area contributed by atoms with E-state index in [0.29, 0.717) is 29.3 Å². The van der Waals surface area contributed by atoms with Gasteiger partial charge in [-0.05, 0) is 30.4 Å². The molecule has 7 nitrogen and oxygen atoms in total. The molecule has 7 heteroatoms. The number of likely N-dealkylation sites (tertiary alicyclic amines) is 1. The molecular formula is C23H27NO6. The molecule has 1 aromatic heterocycles. The zero-order valence-corrected chi connectivity index (χ0v) is 17.3. The zero-order chi connectivity index (χ0) is 21.4. The topological polar surface area (TPSA) is 97.1 Å². The second-order valence-corrected chi connectivity index (χ2v) is 8.66. The molecule has 2 fully saturated rings. The summed E-state index contributed by atoms with van der Waals surface area (Å²) in [5, 5.41) is 10.2. The third-order valence-electron chi connectivity index (χ3n) is 6.74. The number of ether oxygens (including phenoxy) is 1. The lowest BCUT2D eigenvalue weighted by molar-refractivity contribution is -0.149. The SMILES string of the molecule is C[C@@H]1[C@@H](C)CCC[C@@H]1N1C[C@H](C(=O)OCc2cc(=O)oc3cc(O)ccc23)CC1=O. The van der Waals surface area contributed by atoms with Crippen LogP contribution in [0.4, 0.5) is 0 Å². The number of amides is 1. The van der Waals surface area contributed by atoms with Crippen molar-refractivity contribution in [3.63, 3.8) is 0 Å². The highest BCUT2D eigenvalue weighted by atomic mass is 16.5. The summed E-state index contributed by atoms with van der Waals surface area (Å²) in [7, 11) is 0. The predicted molar refractivity (Wildman–Crippen MR) is 110 cm³/mol. The van der Waals surface area contributed by atoms with Crippen LogP contribution in [0.2, 0.25) is 0 Å². The van der Waals surface area contributed by atoms with Crippen LogP contribution < -0.4 is 5.63 Å². The summed E-state index contributed by atoms with van der Waals surface area (Å²) in [6, 6.07) is 5.91. The Balaban J connectivity index is 1.43. The van der Waals surface area contributed by atoms with Gasteiger partial charge < -0.3 is 19.2 Å². The van der Waals surface area contributed by atoms with Crippen molar-refractivity contribution in [2.75, 3.05) is 6.54 Å². The van der Waals surface area contributed by atoms with E-state index in [9.17, 15) is 19.5 Å². The second kappa shape index (κ2) is 8.13. The Bertz CT molecular complexity index is 1030. The van der Waals surface area contributed by atoms with Crippen molar-refractivity contribution in [2.45, 2.75) is 52.2 Å². The van der Waals surface area contributed by atoms with E-state index < -0.39 is 17.5 Å². The van der Waals surface area contributed by atoms with Gasteiger partial charge in [0.1, 0.15) is 17.9 Å². The van der Waals surface area contributed by atoms with E-state index in [1.54, 1.807) is 6.07 Å². The molecule has 0 unspecified atom stereocenters. The molecule has 1 saturated heterocycles. The minimum Gasteiger partial charge on any atom is -0.508 e. The number of fused-ring (bicyclic) bond motifs is 1. The number of carbonyl (C=O) groups excluding carboxylic acids is 2. The number of nitrogens with zero attached hydrogens (tertiary/aromatic N) is 1. The van der Waals surface area contributed by atoms with Gasteiger partial charge >= 0.3 is 11.6 Å². The quantitative estimate of drug-likeness (QED) is 0.611. The number of hydrogen-bond donors (Lipinski definition) is 1. The molecule has 4 atom stereocenters. The summed E-state index contributed by atoms with van der Waals surface area (Å²) in [5.74, 6) is 0.0727. The van der Waals surface area contributed by atoms with Gasteiger partial charge in [0.25, 0.3) is 0 Å². The van der Waals surface area contributed by atoms with E-state index in [2.05, 4.69) is 13.8 Å². The minimum absolute atomic E-state index is 0.0178. The molecule has 30 heavy (non-hydrogen) atoms. The van der Waals surface area contributed by atoms with Crippen molar-refractivity contribution in [1.29, 1.82) is 0 Å². The summed E-state index contributed by atoms with van der Waals surface area (Å²) in [4.78, 5) is 38.9. The van der Waals surface area contributed by atoms with Crippen LogP contribution in [0, 0.1) is 17.8 Å². The van der Waals surface area contributed by atoms with Crippen LogP contribution in [0.1, 0.15) is 45.1 Å². The first-order valence-electron chi connectivity index (χ1n) is 10.6. The fraction of sp³-hybridized carbons (Fsp3) is 0.522. The van der Waals surface area contributed by atoms with Crippen LogP contribution in [0.15, 0.2) is 33.5 Å². The Morgan fingerprint density at radius 1 is 1.23 bits per heavy atom. The Morgan fingerprint density at radius 3 is 2.83 bits per heavy atom. The van der Waals surface area contributed by atoms with Gasteiger partial charge in [0.15, 0.2) is 0 Å². The van der Waals surface area contributed by atoms with E-state index in [1.165, 1.54) is 24.6 Å². The maximum absolute atomic E-state index is 12.7. The van der Waals surface area contributed by atoms with Gasteiger partial charge in [-0.1, -0.05) is 26.7 Å². The fourth-order valence-corrected chi connectivity index (χ4v) is 4.81. The van der Waals surface area contributed by atoms with Crippen molar-refractivity contribution in [2.24, 2.45) is 17.8 Å².